The summed E-state index contributed by atoms with van der Waals surface area (Å²) in [6, 6.07) is 6.17. The maximum absolute atomic E-state index is 10.7. The van der Waals surface area contributed by atoms with Crippen molar-refractivity contribution in [2.45, 2.75) is 58.8 Å². The Morgan fingerprint density at radius 3 is 1.85 bits per heavy atom. The number of carbonyl (C=O) groups is 1. The largest absolute Gasteiger partial charge is 0.492 e. The first-order chi connectivity index (χ1) is 9.03. The van der Waals surface area contributed by atoms with Crippen LogP contribution in [0.3, 0.4) is 0 Å². The van der Waals surface area contributed by atoms with E-state index in [0.717, 1.165) is 16.9 Å². The van der Waals surface area contributed by atoms with Gasteiger partial charge >= 0.3 is 5.97 Å². The Bertz CT molecular complexity index is 444. The molecule has 0 atom stereocenters. The van der Waals surface area contributed by atoms with Crippen molar-refractivity contribution in [3.63, 3.8) is 0 Å². The lowest BCUT2D eigenvalue weighted by molar-refractivity contribution is -0.137. The second-order valence-corrected chi connectivity index (χ2v) is 7.17. The van der Waals surface area contributed by atoms with Crippen LogP contribution in [0.15, 0.2) is 18.2 Å². The number of ether oxygens (including phenoxy) is 1. The summed E-state index contributed by atoms with van der Waals surface area (Å²) in [7, 11) is 0. The van der Waals surface area contributed by atoms with E-state index < -0.39 is 5.97 Å². The monoisotopic (exact) mass is 278 g/mol. The molecular formula is C17H26O3. The molecule has 0 unspecified atom stereocenters. The average Bonchev–Trinajstić information content (AvgIpc) is 2.25. The highest BCUT2D eigenvalue weighted by atomic mass is 16.5. The van der Waals surface area contributed by atoms with Crippen molar-refractivity contribution in [3.05, 3.63) is 29.3 Å². The van der Waals surface area contributed by atoms with E-state index in [9.17, 15) is 4.79 Å². The first kappa shape index (κ1) is 16.5. The molecule has 1 aromatic carbocycles. The maximum Gasteiger partial charge on any atom is 0.306 e. The number of aliphatic carboxylic acids is 1. The van der Waals surface area contributed by atoms with Crippen molar-refractivity contribution in [2.24, 2.45) is 0 Å². The van der Waals surface area contributed by atoms with Gasteiger partial charge < -0.3 is 9.84 Å². The molecule has 0 aliphatic heterocycles. The highest BCUT2D eigenvalue weighted by Crippen LogP contribution is 2.39. The van der Waals surface area contributed by atoms with Crippen molar-refractivity contribution in [3.8, 4) is 5.75 Å². The minimum absolute atomic E-state index is 0.0159. The van der Waals surface area contributed by atoms with E-state index >= 15 is 0 Å². The zero-order valence-corrected chi connectivity index (χ0v) is 13.4. The number of benzene rings is 1. The van der Waals surface area contributed by atoms with E-state index in [1.165, 1.54) is 0 Å². The van der Waals surface area contributed by atoms with Gasteiger partial charge in [0.15, 0.2) is 0 Å². The third-order valence-corrected chi connectivity index (χ3v) is 3.19. The molecular weight excluding hydrogens is 252 g/mol. The van der Waals surface area contributed by atoms with Crippen LogP contribution in [0, 0.1) is 0 Å². The van der Waals surface area contributed by atoms with Crippen LogP contribution in [-0.4, -0.2) is 17.7 Å². The van der Waals surface area contributed by atoms with Gasteiger partial charge in [-0.2, -0.15) is 0 Å². The van der Waals surface area contributed by atoms with Gasteiger partial charge in [0.2, 0.25) is 0 Å². The first-order valence-electron chi connectivity index (χ1n) is 7.02. The molecule has 0 amide bonds. The second-order valence-electron chi connectivity index (χ2n) is 7.17. The Morgan fingerprint density at radius 1 is 1.05 bits per heavy atom. The predicted molar refractivity (Wildman–Crippen MR) is 81.6 cm³/mol. The van der Waals surface area contributed by atoms with Gasteiger partial charge in [-0.1, -0.05) is 59.7 Å². The van der Waals surface area contributed by atoms with Crippen molar-refractivity contribution < 1.29 is 14.6 Å². The van der Waals surface area contributed by atoms with Crippen molar-refractivity contribution in [1.82, 2.24) is 0 Å². The van der Waals surface area contributed by atoms with Gasteiger partial charge in [0, 0.05) is 0 Å². The normalized spacial score (nSPS) is 12.3. The summed E-state index contributed by atoms with van der Waals surface area (Å²) in [5.41, 5.74) is 2.16. The molecule has 0 aliphatic carbocycles. The summed E-state index contributed by atoms with van der Waals surface area (Å²) in [6.45, 7) is 13.0. The van der Waals surface area contributed by atoms with Gasteiger partial charge in [-0.05, 0) is 22.0 Å². The van der Waals surface area contributed by atoms with Crippen LogP contribution >= 0.6 is 0 Å². The van der Waals surface area contributed by atoms with E-state index in [2.05, 4.69) is 53.7 Å². The molecule has 0 heterocycles. The third kappa shape index (κ3) is 4.26. The quantitative estimate of drug-likeness (QED) is 0.900. The standard InChI is InChI=1S/C17H26O3/c1-16(2,3)12-8-7-9-13(17(4,5)6)15(12)20-11-10-14(18)19/h7-9H,10-11H2,1-6H3,(H,18,19). The van der Waals surface area contributed by atoms with E-state index in [1.54, 1.807) is 0 Å². The molecule has 0 radical (unpaired) electrons. The van der Waals surface area contributed by atoms with Crippen LogP contribution in [0.4, 0.5) is 0 Å². The van der Waals surface area contributed by atoms with Gasteiger partial charge in [-0.3, -0.25) is 4.79 Å². The smallest absolute Gasteiger partial charge is 0.306 e. The molecule has 1 rings (SSSR count). The zero-order chi connectivity index (χ0) is 15.6. The average molecular weight is 278 g/mol. The minimum atomic E-state index is -0.837. The zero-order valence-electron chi connectivity index (χ0n) is 13.4. The SMILES string of the molecule is CC(C)(C)c1cccc(C(C)(C)C)c1OCCC(=O)O. The van der Waals surface area contributed by atoms with Crippen molar-refractivity contribution in [2.75, 3.05) is 6.61 Å². The lowest BCUT2D eigenvalue weighted by atomic mass is 9.79. The first-order valence-corrected chi connectivity index (χ1v) is 7.02. The lowest BCUT2D eigenvalue weighted by Gasteiger charge is -2.29. The number of rotatable bonds is 4. The van der Waals surface area contributed by atoms with E-state index in [1.807, 2.05) is 6.07 Å². The van der Waals surface area contributed by atoms with Gasteiger partial charge in [0.05, 0.1) is 13.0 Å². The molecule has 1 aromatic rings. The number of carboxylic acid groups (broad SMARTS) is 1. The number of hydrogen-bond acceptors (Lipinski definition) is 2. The predicted octanol–water partition coefficient (Wildman–Crippen LogP) is 4.14. The Hall–Kier alpha value is -1.51. The fraction of sp³-hybridized carbons (Fsp3) is 0.588. The molecule has 0 fully saturated rings. The van der Waals surface area contributed by atoms with Gasteiger partial charge in [0.25, 0.3) is 0 Å². The Kier molecular flexibility index (Phi) is 4.85. The summed E-state index contributed by atoms with van der Waals surface area (Å²) in [6.07, 6.45) is 0.0159. The summed E-state index contributed by atoms with van der Waals surface area (Å²) in [4.78, 5) is 10.7. The number of hydrogen-bond donors (Lipinski definition) is 1. The van der Waals surface area contributed by atoms with Crippen molar-refractivity contribution >= 4 is 5.97 Å². The van der Waals surface area contributed by atoms with Crippen LogP contribution in [0.2, 0.25) is 0 Å². The maximum atomic E-state index is 10.7. The van der Waals surface area contributed by atoms with Gasteiger partial charge in [0.1, 0.15) is 5.75 Å². The van der Waals surface area contributed by atoms with Crippen LogP contribution in [0.1, 0.15) is 59.1 Å². The summed E-state index contributed by atoms with van der Waals surface area (Å²) >= 11 is 0. The van der Waals surface area contributed by atoms with Gasteiger partial charge in [-0.15, -0.1) is 0 Å². The Balaban J connectivity index is 3.23. The topological polar surface area (TPSA) is 46.5 Å². The summed E-state index contributed by atoms with van der Waals surface area (Å²) in [5, 5.41) is 8.77. The highest BCUT2D eigenvalue weighted by molar-refractivity contribution is 5.66. The van der Waals surface area contributed by atoms with Gasteiger partial charge in [-0.25, -0.2) is 0 Å². The van der Waals surface area contributed by atoms with E-state index in [4.69, 9.17) is 9.84 Å². The molecule has 0 saturated heterocycles. The molecule has 0 bridgehead atoms. The summed E-state index contributed by atoms with van der Waals surface area (Å²) < 4.78 is 5.85. The lowest BCUT2D eigenvalue weighted by Crippen LogP contribution is -2.20. The highest BCUT2D eigenvalue weighted by Gasteiger charge is 2.26. The van der Waals surface area contributed by atoms with Crippen molar-refractivity contribution in [1.29, 1.82) is 0 Å². The second kappa shape index (κ2) is 5.86. The minimum Gasteiger partial charge on any atom is -0.492 e. The molecule has 0 aromatic heterocycles. The van der Waals surface area contributed by atoms with Crippen LogP contribution < -0.4 is 4.74 Å². The summed E-state index contributed by atoms with van der Waals surface area (Å²) in [5.74, 6) is 0.00398. The van der Waals surface area contributed by atoms with Crippen LogP contribution in [-0.2, 0) is 15.6 Å². The number of para-hydroxylation sites is 1. The molecule has 3 heteroatoms. The fourth-order valence-electron chi connectivity index (χ4n) is 2.11. The fourth-order valence-corrected chi connectivity index (χ4v) is 2.11. The van der Waals surface area contributed by atoms with Crippen LogP contribution in [0.25, 0.3) is 0 Å². The molecule has 1 N–H and O–H groups in total. The molecule has 112 valence electrons. The molecule has 0 aliphatic rings. The Morgan fingerprint density at radius 2 is 1.50 bits per heavy atom. The van der Waals surface area contributed by atoms with E-state index in [0.29, 0.717) is 0 Å². The molecule has 20 heavy (non-hydrogen) atoms. The molecule has 0 saturated carbocycles. The van der Waals surface area contributed by atoms with E-state index in [-0.39, 0.29) is 23.9 Å². The molecule has 0 spiro atoms. The Labute approximate surface area is 122 Å². The number of carboxylic acids is 1. The molecule has 3 nitrogen and oxygen atoms in total. The van der Waals surface area contributed by atoms with Crippen LogP contribution in [0.5, 0.6) is 5.75 Å². The third-order valence-electron chi connectivity index (χ3n) is 3.19.